The third kappa shape index (κ3) is 2.00. The highest BCUT2D eigenvalue weighted by atomic mass is 15.1. The predicted molar refractivity (Wildman–Crippen MR) is 61.5 cm³/mol. The first-order chi connectivity index (χ1) is 11.4. The number of benzene rings is 1. The van der Waals surface area contributed by atoms with Crippen LogP contribution in [0.15, 0.2) is 24.3 Å². The minimum Gasteiger partial charge on any atom is -0.399 e. The van der Waals surface area contributed by atoms with Gasteiger partial charge >= 0.3 is 0 Å². The topological polar surface area (TPSA) is 29.3 Å². The number of nitrogens with zero attached hydrogens (tertiary/aromatic N) is 1. The summed E-state index contributed by atoms with van der Waals surface area (Å²) in [6.45, 7) is -10.4. The average molecular weight is 202 g/mol. The van der Waals surface area contributed by atoms with Gasteiger partial charge in [-0.3, -0.25) is 0 Å². The van der Waals surface area contributed by atoms with E-state index in [1.165, 1.54) is 18.2 Å². The lowest BCUT2D eigenvalue weighted by molar-refractivity contribution is 0.447. The number of piperidine rings is 1. The normalized spacial score (nSPS) is 55.6. The fraction of sp³-hybridized carbons (Fsp3) is 0.500. The van der Waals surface area contributed by atoms with Gasteiger partial charge in [0.2, 0.25) is 0 Å². The molecule has 1 heterocycles. The van der Waals surface area contributed by atoms with Gasteiger partial charge in [-0.25, -0.2) is 0 Å². The highest BCUT2D eigenvalue weighted by Crippen LogP contribution is 2.23. The Kier molecular flexibility index (Phi) is 0.750. The second kappa shape index (κ2) is 3.91. The van der Waals surface area contributed by atoms with E-state index in [4.69, 9.17) is 22.2 Å². The molecule has 1 atom stereocenters. The molecule has 1 aromatic carbocycles. The van der Waals surface area contributed by atoms with Crippen LogP contribution in [0, 0.1) is 5.89 Å². The molecule has 0 spiro atoms. The van der Waals surface area contributed by atoms with Crippen LogP contribution in [0.3, 0.4) is 0 Å². The number of hydrogen-bond donors (Lipinski definition) is 1. The van der Waals surface area contributed by atoms with Crippen LogP contribution in [0.4, 0.5) is 11.4 Å². The summed E-state index contributed by atoms with van der Waals surface area (Å²) in [5.74, 6) is -3.65. The zero-order valence-corrected chi connectivity index (χ0v) is 7.33. The number of nitrogens with two attached hydrogens (primary N) is 1. The van der Waals surface area contributed by atoms with Gasteiger partial charge in [0.1, 0.15) is 0 Å². The van der Waals surface area contributed by atoms with Crippen molar-refractivity contribution in [1.82, 2.24) is 0 Å². The van der Waals surface area contributed by atoms with E-state index in [9.17, 15) is 0 Å². The number of nitrogen functional groups attached to an aromatic ring is 1. The van der Waals surface area contributed by atoms with Crippen molar-refractivity contribution in [3.05, 3.63) is 24.3 Å². The minimum absolute atomic E-state index is 0.0766. The molecular formula is C12H18N2. The van der Waals surface area contributed by atoms with Crippen molar-refractivity contribution in [2.24, 2.45) is 5.89 Å². The van der Waals surface area contributed by atoms with Gasteiger partial charge in [0.15, 0.2) is 0 Å². The first-order valence-corrected chi connectivity index (χ1v) is 4.03. The van der Waals surface area contributed by atoms with Gasteiger partial charge in [0.05, 0.1) is 0 Å². The molecule has 1 saturated heterocycles. The van der Waals surface area contributed by atoms with Crippen molar-refractivity contribution in [2.45, 2.75) is 19.6 Å². The van der Waals surface area contributed by atoms with Gasteiger partial charge in [-0.15, -0.1) is 0 Å². The summed E-state index contributed by atoms with van der Waals surface area (Å²) in [6.07, 6.45) is -7.25. The van der Waals surface area contributed by atoms with Gasteiger partial charge in [0.25, 0.3) is 0 Å². The van der Waals surface area contributed by atoms with Gasteiger partial charge < -0.3 is 10.6 Å². The lowest BCUT2D eigenvalue weighted by Gasteiger charge is -2.32. The Morgan fingerprint density at radius 1 is 1.71 bits per heavy atom. The highest BCUT2D eigenvalue weighted by molar-refractivity contribution is 5.56. The Morgan fingerprint density at radius 3 is 3.43 bits per heavy atom. The second-order valence-corrected chi connectivity index (χ2v) is 2.78. The third-order valence-electron chi connectivity index (χ3n) is 1.71. The molecule has 1 fully saturated rings. The molecule has 0 aliphatic carbocycles. The second-order valence-electron chi connectivity index (χ2n) is 2.78. The van der Waals surface area contributed by atoms with E-state index >= 15 is 0 Å². The first kappa shape index (κ1) is 2.69. The smallest absolute Gasteiger partial charge is 0.0496 e. The maximum atomic E-state index is 8.25. The van der Waals surface area contributed by atoms with Crippen molar-refractivity contribution in [3.63, 3.8) is 0 Å². The van der Waals surface area contributed by atoms with E-state index in [2.05, 4.69) is 0 Å². The Bertz CT molecular complexity index is 712. The van der Waals surface area contributed by atoms with Crippen LogP contribution in [0.1, 0.15) is 36.0 Å². The molecule has 14 heavy (non-hydrogen) atoms. The predicted octanol–water partition coefficient (Wildman–Crippen LogP) is 2.51. The lowest BCUT2D eigenvalue weighted by atomic mass is 10.00. The summed E-state index contributed by atoms with van der Waals surface area (Å²) in [6, 6.07) is 5.02. The van der Waals surface area contributed by atoms with E-state index in [0.29, 0.717) is 0 Å². The first-order valence-electron chi connectivity index (χ1n) is 10.0. The zero-order valence-electron chi connectivity index (χ0n) is 19.3. The molecular weight excluding hydrogens is 172 g/mol. The van der Waals surface area contributed by atoms with Crippen LogP contribution >= 0.6 is 0 Å². The molecule has 0 aromatic heterocycles. The largest absolute Gasteiger partial charge is 0.399 e. The van der Waals surface area contributed by atoms with Crippen molar-refractivity contribution >= 4 is 11.4 Å². The molecule has 2 rings (SSSR count). The molecule has 2 N–H and O–H groups in total. The molecule has 2 nitrogen and oxygen atoms in total. The monoisotopic (exact) mass is 202 g/mol. The molecule has 2 heteroatoms. The summed E-state index contributed by atoms with van der Waals surface area (Å²) >= 11 is 0. The molecule has 0 saturated carbocycles. The quantitative estimate of drug-likeness (QED) is 0.709. The molecule has 0 radical (unpaired) electrons. The van der Waals surface area contributed by atoms with Gasteiger partial charge in [-0.1, -0.05) is 12.9 Å². The Morgan fingerprint density at radius 2 is 2.64 bits per heavy atom. The van der Waals surface area contributed by atoms with Crippen molar-refractivity contribution in [1.29, 1.82) is 0 Å². The van der Waals surface area contributed by atoms with Crippen LogP contribution in [-0.2, 0) is 0 Å². The molecule has 76 valence electrons. The molecule has 0 amide bonds. The molecule has 1 aliphatic rings. The van der Waals surface area contributed by atoms with Crippen LogP contribution in [0.2, 0.25) is 0 Å². The van der Waals surface area contributed by atoms with Crippen molar-refractivity contribution < 1.29 is 16.4 Å². The fourth-order valence-corrected chi connectivity index (χ4v) is 1.11. The maximum Gasteiger partial charge on any atom is 0.0496 e. The Hall–Kier alpha value is -1.18. The summed E-state index contributed by atoms with van der Waals surface area (Å²) in [4.78, 5) is 0.164. The van der Waals surface area contributed by atoms with Crippen LogP contribution in [0.5, 0.6) is 0 Å². The Labute approximate surface area is 103 Å². The lowest BCUT2D eigenvalue weighted by Crippen LogP contribution is -2.34. The molecule has 1 aromatic rings. The van der Waals surface area contributed by atoms with E-state index < -0.39 is 38.5 Å². The summed E-state index contributed by atoms with van der Waals surface area (Å²) in [5.41, 5.74) is 5.39. The van der Waals surface area contributed by atoms with Gasteiger partial charge in [-0.05, 0) is 36.8 Å². The summed E-state index contributed by atoms with van der Waals surface area (Å²) < 4.78 is 95.5. The standard InChI is InChI=1S/C12H18N2/c1-10-4-3-7-14(9-10)12-6-2-5-11(13)8-12/h2,5-6,8,10H,3-4,7,9,13H2,1H3/i1D3,3D2,4D2,7D2,9D2,10D. The molecule has 1 unspecified atom stereocenters. The average Bonchev–Trinajstić information content (AvgIpc) is 2.42. The molecule has 0 bridgehead atoms. The number of anilines is 2. The van der Waals surface area contributed by atoms with Crippen molar-refractivity contribution in [3.8, 4) is 0 Å². The highest BCUT2D eigenvalue weighted by Gasteiger charge is 2.16. The van der Waals surface area contributed by atoms with E-state index in [-0.39, 0.29) is 16.3 Å². The van der Waals surface area contributed by atoms with Crippen LogP contribution in [0.25, 0.3) is 0 Å². The third-order valence-corrected chi connectivity index (χ3v) is 1.71. The molecule has 1 aliphatic heterocycles. The summed E-state index contributed by atoms with van der Waals surface area (Å²) in [7, 11) is 0. The van der Waals surface area contributed by atoms with Gasteiger partial charge in [0, 0.05) is 40.8 Å². The minimum atomic E-state index is -3.70. The fourth-order valence-electron chi connectivity index (χ4n) is 1.11. The van der Waals surface area contributed by atoms with Crippen molar-refractivity contribution in [2.75, 3.05) is 23.6 Å². The van der Waals surface area contributed by atoms with Crippen LogP contribution in [-0.4, -0.2) is 13.0 Å². The van der Waals surface area contributed by atoms with Crippen LogP contribution < -0.4 is 10.6 Å². The SMILES string of the molecule is [2H]C([2H])([2H])C1([2H])C([2H])([2H])N(c2cccc(N)c2)C([2H])([2H])C([2H])([2H])C1([2H])[2H]. The summed E-state index contributed by atoms with van der Waals surface area (Å²) in [5, 5.41) is 0. The number of rotatable bonds is 1. The zero-order chi connectivity index (χ0) is 20.6. The van der Waals surface area contributed by atoms with Gasteiger partial charge in [-0.2, -0.15) is 0 Å². The van der Waals surface area contributed by atoms with E-state index in [0.717, 1.165) is 6.07 Å². The number of hydrogen-bond acceptors (Lipinski definition) is 2. The van der Waals surface area contributed by atoms with E-state index in [1.54, 1.807) is 0 Å². The maximum absolute atomic E-state index is 8.25. The Balaban J connectivity index is 2.93. The van der Waals surface area contributed by atoms with E-state index in [1.807, 2.05) is 0 Å².